The molecule has 2 heterocycles. The van der Waals surface area contributed by atoms with Gasteiger partial charge in [0.2, 0.25) is 0 Å². The normalized spacial score (nSPS) is 15.6. The van der Waals surface area contributed by atoms with E-state index in [4.69, 9.17) is 4.74 Å². The Morgan fingerprint density at radius 3 is 2.74 bits per heavy atom. The van der Waals surface area contributed by atoms with E-state index in [1.165, 1.54) is 0 Å². The van der Waals surface area contributed by atoms with Crippen molar-refractivity contribution in [2.45, 2.75) is 19.8 Å². The van der Waals surface area contributed by atoms with Crippen molar-refractivity contribution >= 4 is 22.8 Å². The van der Waals surface area contributed by atoms with Gasteiger partial charge in [-0.3, -0.25) is 14.6 Å². The molecular weight excluding hydrogens is 292 g/mol. The summed E-state index contributed by atoms with van der Waals surface area (Å²) in [5, 5.41) is 0.868. The van der Waals surface area contributed by atoms with E-state index in [2.05, 4.69) is 4.98 Å². The minimum Gasteiger partial charge on any atom is -0.466 e. The first kappa shape index (κ1) is 15.5. The van der Waals surface area contributed by atoms with Crippen LogP contribution in [0.1, 0.15) is 30.1 Å². The van der Waals surface area contributed by atoms with Gasteiger partial charge in [0, 0.05) is 30.2 Å². The molecule has 0 saturated carbocycles. The molecule has 1 aromatic heterocycles. The molecule has 1 aromatic carbocycles. The summed E-state index contributed by atoms with van der Waals surface area (Å²) in [5.41, 5.74) is 1.49. The lowest BCUT2D eigenvalue weighted by molar-refractivity contribution is -0.149. The number of rotatable bonds is 3. The van der Waals surface area contributed by atoms with Crippen LogP contribution in [0.5, 0.6) is 0 Å². The summed E-state index contributed by atoms with van der Waals surface area (Å²) in [6, 6.07) is 9.35. The van der Waals surface area contributed by atoms with Crippen LogP contribution in [0.2, 0.25) is 0 Å². The van der Waals surface area contributed by atoms with Crippen LogP contribution in [0.25, 0.3) is 10.9 Å². The van der Waals surface area contributed by atoms with Gasteiger partial charge in [-0.15, -0.1) is 0 Å². The lowest BCUT2D eigenvalue weighted by Crippen LogP contribution is -2.40. The predicted molar refractivity (Wildman–Crippen MR) is 87.0 cm³/mol. The second-order valence-corrected chi connectivity index (χ2v) is 5.69. The van der Waals surface area contributed by atoms with Gasteiger partial charge in [-0.05, 0) is 38.0 Å². The van der Waals surface area contributed by atoms with Gasteiger partial charge in [-0.2, -0.15) is 0 Å². The van der Waals surface area contributed by atoms with Crippen LogP contribution in [0.4, 0.5) is 0 Å². The van der Waals surface area contributed by atoms with Crippen molar-refractivity contribution in [1.82, 2.24) is 9.88 Å². The van der Waals surface area contributed by atoms with Crippen molar-refractivity contribution in [3.05, 3.63) is 42.1 Å². The number of carbonyl (C=O) groups is 2. The second-order valence-electron chi connectivity index (χ2n) is 5.69. The number of benzene rings is 1. The number of hydrogen-bond donors (Lipinski definition) is 0. The highest BCUT2D eigenvalue weighted by Crippen LogP contribution is 2.23. The molecule has 3 rings (SSSR count). The quantitative estimate of drug-likeness (QED) is 0.818. The van der Waals surface area contributed by atoms with Crippen molar-refractivity contribution in [3.63, 3.8) is 0 Å². The molecule has 5 heteroatoms. The van der Waals surface area contributed by atoms with Gasteiger partial charge >= 0.3 is 5.97 Å². The standard InChI is InChI=1S/C18H20N2O3/c1-2-23-18(22)13-8-11-20(12-9-13)17(21)15-5-3-7-16-14(15)6-4-10-19-16/h3-7,10,13H,2,8-9,11-12H2,1H3. The number of hydrogen-bond acceptors (Lipinski definition) is 4. The molecule has 1 aliphatic rings. The Hall–Kier alpha value is -2.43. The molecule has 0 atom stereocenters. The topological polar surface area (TPSA) is 59.5 Å². The van der Waals surface area contributed by atoms with Crippen LogP contribution in [0, 0.1) is 5.92 Å². The fourth-order valence-electron chi connectivity index (χ4n) is 3.04. The Morgan fingerprint density at radius 2 is 2.00 bits per heavy atom. The molecule has 0 aliphatic carbocycles. The first-order valence-corrected chi connectivity index (χ1v) is 8.00. The number of carbonyl (C=O) groups excluding carboxylic acids is 2. The summed E-state index contributed by atoms with van der Waals surface area (Å²) in [4.78, 5) is 30.7. The van der Waals surface area contributed by atoms with Gasteiger partial charge in [-0.1, -0.05) is 12.1 Å². The molecule has 1 fully saturated rings. The van der Waals surface area contributed by atoms with Crippen molar-refractivity contribution in [1.29, 1.82) is 0 Å². The number of aromatic nitrogens is 1. The first-order chi connectivity index (χ1) is 11.2. The predicted octanol–water partition coefficient (Wildman–Crippen LogP) is 2.65. The molecule has 1 amide bonds. The van der Waals surface area contributed by atoms with E-state index < -0.39 is 0 Å². The third-order valence-electron chi connectivity index (χ3n) is 4.28. The van der Waals surface area contributed by atoms with E-state index in [1.807, 2.05) is 42.2 Å². The van der Waals surface area contributed by atoms with E-state index in [-0.39, 0.29) is 17.8 Å². The van der Waals surface area contributed by atoms with Gasteiger partial charge in [0.1, 0.15) is 0 Å². The zero-order chi connectivity index (χ0) is 16.2. The van der Waals surface area contributed by atoms with E-state index in [9.17, 15) is 9.59 Å². The van der Waals surface area contributed by atoms with E-state index >= 15 is 0 Å². The van der Waals surface area contributed by atoms with E-state index in [0.29, 0.717) is 38.1 Å². The number of pyridine rings is 1. The zero-order valence-corrected chi connectivity index (χ0v) is 13.2. The van der Waals surface area contributed by atoms with Crippen molar-refractivity contribution in [2.24, 2.45) is 5.92 Å². The fraction of sp³-hybridized carbons (Fsp3) is 0.389. The molecule has 0 unspecified atom stereocenters. The number of amides is 1. The molecule has 1 saturated heterocycles. The maximum absolute atomic E-state index is 12.8. The molecule has 2 aromatic rings. The number of piperidine rings is 1. The molecule has 0 spiro atoms. The number of likely N-dealkylation sites (tertiary alicyclic amines) is 1. The third-order valence-corrected chi connectivity index (χ3v) is 4.28. The average Bonchev–Trinajstić information content (AvgIpc) is 2.61. The van der Waals surface area contributed by atoms with Crippen LogP contribution >= 0.6 is 0 Å². The molecule has 0 bridgehead atoms. The van der Waals surface area contributed by atoms with Crippen molar-refractivity contribution in [3.8, 4) is 0 Å². The highest BCUT2D eigenvalue weighted by molar-refractivity contribution is 6.06. The SMILES string of the molecule is CCOC(=O)C1CCN(C(=O)c2cccc3ncccc23)CC1. The van der Waals surface area contributed by atoms with Gasteiger partial charge < -0.3 is 9.64 Å². The lowest BCUT2D eigenvalue weighted by atomic mass is 9.96. The van der Waals surface area contributed by atoms with Crippen LogP contribution in [0.15, 0.2) is 36.5 Å². The Morgan fingerprint density at radius 1 is 1.22 bits per heavy atom. The highest BCUT2D eigenvalue weighted by Gasteiger charge is 2.29. The maximum Gasteiger partial charge on any atom is 0.309 e. The van der Waals surface area contributed by atoms with Crippen LogP contribution in [0.3, 0.4) is 0 Å². The fourth-order valence-corrected chi connectivity index (χ4v) is 3.04. The van der Waals surface area contributed by atoms with Gasteiger partial charge in [0.05, 0.1) is 18.0 Å². The monoisotopic (exact) mass is 312 g/mol. The molecule has 120 valence electrons. The lowest BCUT2D eigenvalue weighted by Gasteiger charge is -2.31. The third kappa shape index (κ3) is 3.18. The minimum atomic E-state index is -0.144. The first-order valence-electron chi connectivity index (χ1n) is 8.00. The molecule has 0 N–H and O–H groups in total. The Bertz CT molecular complexity index is 716. The zero-order valence-electron chi connectivity index (χ0n) is 13.2. The Labute approximate surface area is 135 Å². The van der Waals surface area contributed by atoms with Gasteiger partial charge in [0.25, 0.3) is 5.91 Å². The van der Waals surface area contributed by atoms with Crippen LogP contribution < -0.4 is 0 Å². The van der Waals surface area contributed by atoms with E-state index in [0.717, 1.165) is 10.9 Å². The van der Waals surface area contributed by atoms with Crippen molar-refractivity contribution in [2.75, 3.05) is 19.7 Å². The second kappa shape index (κ2) is 6.77. The Kier molecular flexibility index (Phi) is 4.55. The molecule has 23 heavy (non-hydrogen) atoms. The minimum absolute atomic E-state index is 0.00547. The summed E-state index contributed by atoms with van der Waals surface area (Å²) >= 11 is 0. The summed E-state index contributed by atoms with van der Waals surface area (Å²) in [5.74, 6) is -0.229. The Balaban J connectivity index is 1.73. The summed E-state index contributed by atoms with van der Waals surface area (Å²) < 4.78 is 5.07. The summed E-state index contributed by atoms with van der Waals surface area (Å²) in [6.45, 7) is 3.38. The average molecular weight is 312 g/mol. The maximum atomic E-state index is 12.8. The summed E-state index contributed by atoms with van der Waals surface area (Å²) in [6.07, 6.45) is 3.04. The molecule has 0 radical (unpaired) electrons. The van der Waals surface area contributed by atoms with Crippen LogP contribution in [-0.2, 0) is 9.53 Å². The van der Waals surface area contributed by atoms with Crippen molar-refractivity contribution < 1.29 is 14.3 Å². The number of esters is 1. The van der Waals surface area contributed by atoms with Gasteiger partial charge in [0.15, 0.2) is 0 Å². The van der Waals surface area contributed by atoms with Gasteiger partial charge in [-0.25, -0.2) is 0 Å². The number of nitrogens with zero attached hydrogens (tertiary/aromatic N) is 2. The number of ether oxygens (including phenoxy) is 1. The largest absolute Gasteiger partial charge is 0.466 e. The molecular formula is C18H20N2O3. The highest BCUT2D eigenvalue weighted by atomic mass is 16.5. The summed E-state index contributed by atoms with van der Waals surface area (Å²) in [7, 11) is 0. The molecule has 5 nitrogen and oxygen atoms in total. The van der Waals surface area contributed by atoms with Crippen LogP contribution in [-0.4, -0.2) is 41.5 Å². The van der Waals surface area contributed by atoms with E-state index in [1.54, 1.807) is 6.20 Å². The smallest absolute Gasteiger partial charge is 0.309 e. The molecule has 1 aliphatic heterocycles. The number of fused-ring (bicyclic) bond motifs is 1.